The van der Waals surface area contributed by atoms with E-state index in [0.29, 0.717) is 24.1 Å². The molecule has 7 heteroatoms. The first-order chi connectivity index (χ1) is 9.60. The van der Waals surface area contributed by atoms with Gasteiger partial charge in [0.1, 0.15) is 6.54 Å². The first-order valence-corrected chi connectivity index (χ1v) is 6.00. The highest BCUT2D eigenvalue weighted by molar-refractivity contribution is 6.02. The van der Waals surface area contributed by atoms with Crippen molar-refractivity contribution in [3.8, 4) is 0 Å². The van der Waals surface area contributed by atoms with E-state index in [1.54, 1.807) is 0 Å². The van der Waals surface area contributed by atoms with Crippen molar-refractivity contribution in [3.63, 3.8) is 0 Å². The van der Waals surface area contributed by atoms with Gasteiger partial charge in [0.15, 0.2) is 5.69 Å². The highest BCUT2D eigenvalue weighted by Crippen LogP contribution is 2.28. The average molecular weight is 276 g/mol. The Hall–Kier alpha value is -2.41. The second-order valence-electron chi connectivity index (χ2n) is 4.52. The summed E-state index contributed by atoms with van der Waals surface area (Å²) >= 11 is 0. The number of methoxy groups -OCH3 is 1. The molecule has 104 valence electrons. The van der Waals surface area contributed by atoms with Crippen LogP contribution >= 0.6 is 0 Å². The normalized spacial score (nSPS) is 13.4. The molecular formula is C13H12N2O5. The summed E-state index contributed by atoms with van der Waals surface area (Å²) in [7, 11) is 1.26. The molecule has 0 radical (unpaired) electrons. The third-order valence-corrected chi connectivity index (χ3v) is 3.25. The van der Waals surface area contributed by atoms with Crippen LogP contribution in [0.2, 0.25) is 0 Å². The lowest BCUT2D eigenvalue weighted by molar-refractivity contribution is -0.137. The summed E-state index contributed by atoms with van der Waals surface area (Å²) in [6.07, 6.45) is 0. The maximum absolute atomic E-state index is 11.7. The van der Waals surface area contributed by atoms with Crippen molar-refractivity contribution in [2.45, 2.75) is 19.8 Å². The highest BCUT2D eigenvalue weighted by Gasteiger charge is 2.22. The summed E-state index contributed by atoms with van der Waals surface area (Å²) < 4.78 is 11.3. The Balaban J connectivity index is 2.23. The highest BCUT2D eigenvalue weighted by atomic mass is 16.5. The van der Waals surface area contributed by atoms with Crippen molar-refractivity contribution >= 4 is 22.8 Å². The second kappa shape index (κ2) is 4.61. The maximum Gasteiger partial charge on any atom is 0.359 e. The van der Waals surface area contributed by atoms with E-state index in [2.05, 4.69) is 9.84 Å². The molecule has 0 amide bonds. The topological polar surface area (TPSA) is 90.7 Å². The molecule has 1 aliphatic rings. The molecule has 0 bridgehead atoms. The molecular weight excluding hydrogens is 264 g/mol. The van der Waals surface area contributed by atoms with Gasteiger partial charge in [0.05, 0.1) is 25.8 Å². The fourth-order valence-electron chi connectivity index (χ4n) is 2.34. The van der Waals surface area contributed by atoms with Crippen LogP contribution in [0.4, 0.5) is 0 Å². The molecule has 0 fully saturated rings. The zero-order chi connectivity index (χ0) is 14.3. The van der Waals surface area contributed by atoms with Crippen molar-refractivity contribution in [2.75, 3.05) is 7.11 Å². The van der Waals surface area contributed by atoms with Gasteiger partial charge in [-0.3, -0.25) is 9.48 Å². The summed E-state index contributed by atoms with van der Waals surface area (Å²) in [4.78, 5) is 22.6. The molecule has 2 aromatic rings. The molecule has 0 aliphatic carbocycles. The summed E-state index contributed by atoms with van der Waals surface area (Å²) in [5, 5.41) is 13.6. The molecule has 1 N–H and O–H groups in total. The predicted molar refractivity (Wildman–Crippen MR) is 67.2 cm³/mol. The number of nitrogens with zero attached hydrogens (tertiary/aromatic N) is 2. The van der Waals surface area contributed by atoms with E-state index < -0.39 is 11.9 Å². The van der Waals surface area contributed by atoms with Crippen LogP contribution in [0.25, 0.3) is 10.9 Å². The van der Waals surface area contributed by atoms with Crippen LogP contribution in [0, 0.1) is 0 Å². The third-order valence-electron chi connectivity index (χ3n) is 3.25. The summed E-state index contributed by atoms with van der Waals surface area (Å²) in [6.45, 7) is 0.653. The van der Waals surface area contributed by atoms with E-state index in [1.807, 2.05) is 12.1 Å². The largest absolute Gasteiger partial charge is 0.480 e. The minimum absolute atomic E-state index is 0.124. The van der Waals surface area contributed by atoms with Gasteiger partial charge in [-0.2, -0.15) is 5.10 Å². The summed E-state index contributed by atoms with van der Waals surface area (Å²) in [6, 6.07) is 3.63. The van der Waals surface area contributed by atoms with Gasteiger partial charge in [0.2, 0.25) is 0 Å². The lowest BCUT2D eigenvalue weighted by Crippen LogP contribution is -2.11. The van der Waals surface area contributed by atoms with Gasteiger partial charge in [-0.1, -0.05) is 0 Å². The molecule has 2 heterocycles. The average Bonchev–Trinajstić information content (AvgIpc) is 3.00. The van der Waals surface area contributed by atoms with E-state index in [0.717, 1.165) is 11.1 Å². The number of carbonyl (C=O) groups is 2. The molecule has 1 aliphatic heterocycles. The molecule has 0 atom stereocenters. The van der Waals surface area contributed by atoms with E-state index in [4.69, 9.17) is 9.84 Å². The lowest BCUT2D eigenvalue weighted by Gasteiger charge is -2.01. The third kappa shape index (κ3) is 1.92. The Morgan fingerprint density at radius 2 is 2.10 bits per heavy atom. The van der Waals surface area contributed by atoms with Crippen LogP contribution in [0.15, 0.2) is 12.1 Å². The Kier molecular flexibility index (Phi) is 2.90. The van der Waals surface area contributed by atoms with Crippen LogP contribution in [-0.2, 0) is 34.0 Å². The first-order valence-electron chi connectivity index (χ1n) is 6.00. The zero-order valence-electron chi connectivity index (χ0n) is 10.8. The number of ether oxygens (including phenoxy) is 2. The van der Waals surface area contributed by atoms with Crippen molar-refractivity contribution in [3.05, 3.63) is 29.0 Å². The van der Waals surface area contributed by atoms with Gasteiger partial charge in [0, 0.05) is 5.39 Å². The Labute approximate surface area is 113 Å². The van der Waals surface area contributed by atoms with E-state index >= 15 is 0 Å². The number of hydrogen-bond acceptors (Lipinski definition) is 5. The van der Waals surface area contributed by atoms with Gasteiger partial charge in [-0.05, 0) is 23.3 Å². The van der Waals surface area contributed by atoms with E-state index in [1.165, 1.54) is 11.8 Å². The van der Waals surface area contributed by atoms with E-state index in [9.17, 15) is 9.59 Å². The molecule has 0 saturated carbocycles. The van der Waals surface area contributed by atoms with Crippen LogP contribution < -0.4 is 0 Å². The predicted octanol–water partition coefficient (Wildman–Crippen LogP) is 0.938. The van der Waals surface area contributed by atoms with Gasteiger partial charge in [-0.25, -0.2) is 4.79 Å². The van der Waals surface area contributed by atoms with Crippen molar-refractivity contribution in [1.82, 2.24) is 9.78 Å². The van der Waals surface area contributed by atoms with Crippen molar-refractivity contribution in [2.24, 2.45) is 0 Å². The Morgan fingerprint density at radius 1 is 1.40 bits per heavy atom. The second-order valence-corrected chi connectivity index (χ2v) is 4.52. The minimum Gasteiger partial charge on any atom is -0.480 e. The lowest BCUT2D eigenvalue weighted by atomic mass is 10.1. The molecule has 7 nitrogen and oxygen atoms in total. The van der Waals surface area contributed by atoms with E-state index in [-0.39, 0.29) is 12.2 Å². The van der Waals surface area contributed by atoms with Crippen molar-refractivity contribution < 1.29 is 24.2 Å². The number of fused-ring (bicyclic) bond motifs is 2. The zero-order valence-corrected chi connectivity index (χ0v) is 10.8. The number of benzene rings is 1. The number of rotatable bonds is 3. The molecule has 0 unspecified atom stereocenters. The maximum atomic E-state index is 11.7. The van der Waals surface area contributed by atoms with Gasteiger partial charge >= 0.3 is 11.9 Å². The number of carboxylic acids is 1. The summed E-state index contributed by atoms with van der Waals surface area (Å²) in [5.41, 5.74) is 2.69. The Morgan fingerprint density at radius 3 is 2.75 bits per heavy atom. The molecule has 20 heavy (non-hydrogen) atoms. The van der Waals surface area contributed by atoms with Crippen LogP contribution in [-0.4, -0.2) is 33.9 Å². The molecule has 0 saturated heterocycles. The quantitative estimate of drug-likeness (QED) is 0.839. The number of carbonyl (C=O) groups excluding carboxylic acids is 1. The van der Waals surface area contributed by atoms with Crippen LogP contribution in [0.5, 0.6) is 0 Å². The van der Waals surface area contributed by atoms with Gasteiger partial charge in [0.25, 0.3) is 0 Å². The number of aromatic nitrogens is 2. The number of esters is 1. The number of aliphatic carboxylic acids is 1. The fourth-order valence-corrected chi connectivity index (χ4v) is 2.34. The smallest absolute Gasteiger partial charge is 0.359 e. The first kappa shape index (κ1) is 12.6. The minimum atomic E-state index is -1.03. The molecule has 1 aromatic carbocycles. The fraction of sp³-hybridized carbons (Fsp3) is 0.308. The number of hydrogen-bond donors (Lipinski definition) is 1. The Bertz CT molecular complexity index is 719. The monoisotopic (exact) mass is 276 g/mol. The molecule has 3 rings (SSSR count). The van der Waals surface area contributed by atoms with Crippen molar-refractivity contribution in [1.29, 1.82) is 0 Å². The van der Waals surface area contributed by atoms with Gasteiger partial charge < -0.3 is 14.6 Å². The van der Waals surface area contributed by atoms with Crippen LogP contribution in [0.1, 0.15) is 21.6 Å². The van der Waals surface area contributed by atoms with Crippen LogP contribution in [0.3, 0.4) is 0 Å². The summed E-state index contributed by atoms with van der Waals surface area (Å²) in [5.74, 6) is -1.61. The molecule has 0 spiro atoms. The SMILES string of the molecule is COC(=O)c1nn(CC(=O)O)c2cc3c(cc12)COC3. The standard InChI is InChI=1S/C13H12N2O5/c1-19-13(18)12-9-2-7-5-20-6-8(7)3-10(9)15(14-12)4-11(16)17/h2-3H,4-6H2,1H3,(H,16,17). The molecule has 1 aromatic heterocycles. The van der Waals surface area contributed by atoms with Gasteiger partial charge in [-0.15, -0.1) is 0 Å². The number of carboxylic acid groups (broad SMARTS) is 1.